The van der Waals surface area contributed by atoms with E-state index in [1.807, 2.05) is 18.2 Å². The maximum Gasteiger partial charge on any atom is 0.165 e. The molecule has 0 saturated carbocycles. The number of para-hydroxylation sites is 3. The molecule has 0 unspecified atom stereocenters. The molecule has 0 spiro atoms. The largest absolute Gasteiger partial charge is 0.307 e. The molecule has 63 heavy (non-hydrogen) atoms. The molecule has 6 heteroatoms. The summed E-state index contributed by atoms with van der Waals surface area (Å²) in [6, 6.07) is 75.6. The summed E-state index contributed by atoms with van der Waals surface area (Å²) in [5.41, 5.74) is 12.0. The van der Waals surface area contributed by atoms with Crippen molar-refractivity contribution < 1.29 is 0 Å². The number of hydrogen-bond acceptors (Lipinski definition) is 4. The maximum absolute atomic E-state index is 5.24. The van der Waals surface area contributed by atoms with Crippen molar-refractivity contribution in [3.8, 4) is 56.7 Å². The molecule has 0 aliphatic carbocycles. The zero-order valence-electron chi connectivity index (χ0n) is 33.9. The number of rotatable bonds is 6. The number of aromatic nitrogens is 5. The van der Waals surface area contributed by atoms with Crippen molar-refractivity contribution in [2.75, 3.05) is 0 Å². The lowest BCUT2D eigenvalue weighted by molar-refractivity contribution is 1.08. The minimum atomic E-state index is 0.633. The standard InChI is InChI=1S/C57H35N5S/c1-3-16-36(17-4-1)55-58-56(60-57(59-55)48-28-15-27-47-44-26-9-12-31-51(44)63-54(47)48)39-20-13-18-37(34-39)38-19-14-23-41(35-38)62-50-30-11-8-25-43(50)46-33-32-45-42-24-7-10-29-49(42)61(52(45)53(46)62)40-21-5-2-6-22-40/h1-35H. The first-order valence-corrected chi connectivity index (χ1v) is 22.0. The highest BCUT2D eigenvalue weighted by Gasteiger charge is 2.22. The van der Waals surface area contributed by atoms with Crippen LogP contribution in [0.5, 0.6) is 0 Å². The van der Waals surface area contributed by atoms with Crippen molar-refractivity contribution >= 4 is 75.1 Å². The Balaban J connectivity index is 0.994. The SMILES string of the molecule is c1ccc(-c2nc(-c3cccc(-c4cccc(-n5c6ccccc6c6ccc7c8ccccc8n(-c8ccccc8)c7c65)c4)c3)nc(-c3cccc4c3sc3ccccc34)n2)cc1. The van der Waals surface area contributed by atoms with Crippen molar-refractivity contribution in [2.24, 2.45) is 0 Å². The van der Waals surface area contributed by atoms with E-state index in [4.69, 9.17) is 15.0 Å². The van der Waals surface area contributed by atoms with E-state index in [-0.39, 0.29) is 0 Å². The molecular weight excluding hydrogens is 787 g/mol. The van der Waals surface area contributed by atoms with Gasteiger partial charge in [-0.25, -0.2) is 15.0 Å². The van der Waals surface area contributed by atoms with Gasteiger partial charge >= 0.3 is 0 Å². The normalized spacial score (nSPS) is 11.8. The van der Waals surface area contributed by atoms with Crippen LogP contribution in [0.25, 0.3) is 120 Å². The summed E-state index contributed by atoms with van der Waals surface area (Å²) in [5, 5.41) is 7.36. The van der Waals surface area contributed by atoms with Crippen molar-refractivity contribution in [3.05, 3.63) is 212 Å². The summed E-state index contributed by atoms with van der Waals surface area (Å²) in [4.78, 5) is 15.5. The molecule has 0 radical (unpaired) electrons. The Labute approximate surface area is 366 Å². The van der Waals surface area contributed by atoms with Crippen LogP contribution < -0.4 is 0 Å². The second kappa shape index (κ2) is 14.2. The van der Waals surface area contributed by atoms with E-state index in [1.165, 1.54) is 58.3 Å². The van der Waals surface area contributed by atoms with Crippen LogP contribution in [-0.2, 0) is 0 Å². The van der Waals surface area contributed by atoms with Gasteiger partial charge < -0.3 is 9.13 Å². The maximum atomic E-state index is 5.24. The second-order valence-electron chi connectivity index (χ2n) is 16.0. The van der Waals surface area contributed by atoms with E-state index in [1.54, 1.807) is 11.3 Å². The van der Waals surface area contributed by atoms with Gasteiger partial charge in [0.2, 0.25) is 0 Å². The van der Waals surface area contributed by atoms with E-state index in [9.17, 15) is 0 Å². The minimum absolute atomic E-state index is 0.633. The lowest BCUT2D eigenvalue weighted by Gasteiger charge is -2.14. The number of fused-ring (bicyclic) bond motifs is 10. The molecule has 0 aliphatic heterocycles. The minimum Gasteiger partial charge on any atom is -0.307 e. The van der Waals surface area contributed by atoms with Crippen LogP contribution in [0.3, 0.4) is 0 Å². The molecule has 0 atom stereocenters. The van der Waals surface area contributed by atoms with Gasteiger partial charge in [-0.05, 0) is 65.7 Å². The van der Waals surface area contributed by atoms with Crippen molar-refractivity contribution in [1.82, 2.24) is 24.1 Å². The molecule has 4 aromatic heterocycles. The van der Waals surface area contributed by atoms with Gasteiger partial charge in [0.15, 0.2) is 17.5 Å². The zero-order chi connectivity index (χ0) is 41.4. The molecule has 0 aliphatic rings. The zero-order valence-corrected chi connectivity index (χ0v) is 34.7. The second-order valence-corrected chi connectivity index (χ2v) is 17.0. The van der Waals surface area contributed by atoms with Gasteiger partial charge in [-0.1, -0.05) is 158 Å². The van der Waals surface area contributed by atoms with Crippen molar-refractivity contribution in [1.29, 1.82) is 0 Å². The fourth-order valence-electron chi connectivity index (χ4n) is 9.54. The fraction of sp³-hybridized carbons (Fsp3) is 0. The Morgan fingerprint density at radius 2 is 0.810 bits per heavy atom. The number of nitrogens with zero attached hydrogens (tertiary/aromatic N) is 5. The van der Waals surface area contributed by atoms with E-state index in [2.05, 4.69) is 203 Å². The Morgan fingerprint density at radius 3 is 1.54 bits per heavy atom. The highest BCUT2D eigenvalue weighted by Crippen LogP contribution is 2.43. The molecule has 13 rings (SSSR count). The summed E-state index contributed by atoms with van der Waals surface area (Å²) in [7, 11) is 0. The Morgan fingerprint density at radius 1 is 0.317 bits per heavy atom. The molecule has 0 saturated heterocycles. The predicted molar refractivity (Wildman–Crippen MR) is 263 cm³/mol. The smallest absolute Gasteiger partial charge is 0.165 e. The lowest BCUT2D eigenvalue weighted by atomic mass is 10.0. The summed E-state index contributed by atoms with van der Waals surface area (Å²) in [5.74, 6) is 1.94. The van der Waals surface area contributed by atoms with Crippen molar-refractivity contribution in [3.63, 3.8) is 0 Å². The molecule has 0 bridgehead atoms. The van der Waals surface area contributed by atoms with E-state index in [0.29, 0.717) is 17.5 Å². The molecule has 13 aromatic rings. The van der Waals surface area contributed by atoms with Crippen LogP contribution in [0, 0.1) is 0 Å². The predicted octanol–water partition coefficient (Wildman–Crippen LogP) is 15.1. The first-order valence-electron chi connectivity index (χ1n) is 21.2. The average Bonchev–Trinajstić information content (AvgIpc) is 4.02. The Bertz CT molecular complexity index is 3920. The monoisotopic (exact) mass is 821 g/mol. The first kappa shape index (κ1) is 35.6. The summed E-state index contributed by atoms with van der Waals surface area (Å²) in [6.45, 7) is 0. The van der Waals surface area contributed by atoms with Crippen LogP contribution >= 0.6 is 11.3 Å². The van der Waals surface area contributed by atoms with Gasteiger partial charge in [0.1, 0.15) is 0 Å². The average molecular weight is 822 g/mol. The third-order valence-corrected chi connectivity index (χ3v) is 13.6. The van der Waals surface area contributed by atoms with Crippen LogP contribution in [0.1, 0.15) is 0 Å². The molecule has 9 aromatic carbocycles. The van der Waals surface area contributed by atoms with Gasteiger partial charge in [-0.2, -0.15) is 0 Å². The van der Waals surface area contributed by atoms with Gasteiger partial charge in [0, 0.05) is 69.8 Å². The van der Waals surface area contributed by atoms with E-state index >= 15 is 0 Å². The molecule has 0 N–H and O–H groups in total. The Kier molecular flexibility index (Phi) is 8.01. The Hall–Kier alpha value is -8.19. The van der Waals surface area contributed by atoms with Crippen LogP contribution in [0.2, 0.25) is 0 Å². The lowest BCUT2D eigenvalue weighted by Crippen LogP contribution is -2.00. The molecule has 294 valence electrons. The third-order valence-electron chi connectivity index (χ3n) is 12.4. The third kappa shape index (κ3) is 5.66. The number of hydrogen-bond donors (Lipinski definition) is 0. The molecule has 5 nitrogen and oxygen atoms in total. The van der Waals surface area contributed by atoms with Crippen LogP contribution in [0.4, 0.5) is 0 Å². The van der Waals surface area contributed by atoms with Gasteiger partial charge in [0.05, 0.1) is 22.1 Å². The number of benzene rings is 9. The van der Waals surface area contributed by atoms with Gasteiger partial charge in [0.25, 0.3) is 0 Å². The molecule has 0 amide bonds. The van der Waals surface area contributed by atoms with Gasteiger partial charge in [-0.15, -0.1) is 11.3 Å². The van der Waals surface area contributed by atoms with E-state index < -0.39 is 0 Å². The van der Waals surface area contributed by atoms with Crippen LogP contribution in [-0.4, -0.2) is 24.1 Å². The summed E-state index contributed by atoms with van der Waals surface area (Å²) < 4.78 is 7.31. The number of thiophene rings is 1. The first-order chi connectivity index (χ1) is 31.2. The quantitative estimate of drug-likeness (QED) is 0.168. The topological polar surface area (TPSA) is 48.5 Å². The summed E-state index contributed by atoms with van der Waals surface area (Å²) in [6.07, 6.45) is 0. The summed E-state index contributed by atoms with van der Waals surface area (Å²) >= 11 is 1.78. The molecular formula is C57H35N5S. The molecule has 4 heterocycles. The van der Waals surface area contributed by atoms with Crippen molar-refractivity contribution in [2.45, 2.75) is 0 Å². The highest BCUT2D eigenvalue weighted by atomic mass is 32.1. The highest BCUT2D eigenvalue weighted by molar-refractivity contribution is 7.26. The van der Waals surface area contributed by atoms with E-state index in [0.717, 1.165) is 44.7 Å². The molecule has 0 fully saturated rings. The van der Waals surface area contributed by atoms with Crippen LogP contribution in [0.15, 0.2) is 212 Å². The fourth-order valence-corrected chi connectivity index (χ4v) is 10.8. The van der Waals surface area contributed by atoms with Gasteiger partial charge in [-0.3, -0.25) is 0 Å².